The van der Waals surface area contributed by atoms with Crippen LogP contribution in [0.2, 0.25) is 0 Å². The molecule has 5 atom stereocenters. The van der Waals surface area contributed by atoms with E-state index < -0.39 is 0 Å². The van der Waals surface area contributed by atoms with Gasteiger partial charge in [0.05, 0.1) is 5.92 Å². The zero-order valence-electron chi connectivity index (χ0n) is 11.8. The van der Waals surface area contributed by atoms with E-state index in [1.165, 1.54) is 12.8 Å². The van der Waals surface area contributed by atoms with Crippen molar-refractivity contribution in [2.75, 3.05) is 6.61 Å². The Balaban J connectivity index is 1.90. The number of ether oxygens (including phenoxy) is 1. The van der Waals surface area contributed by atoms with Crippen LogP contribution in [-0.2, 0) is 9.53 Å². The fourth-order valence-corrected chi connectivity index (χ4v) is 3.22. The number of carbonyl (C=O) groups is 1. The van der Waals surface area contributed by atoms with Gasteiger partial charge in [0, 0.05) is 6.61 Å². The summed E-state index contributed by atoms with van der Waals surface area (Å²) < 4.78 is 5.74. The van der Waals surface area contributed by atoms with E-state index in [9.17, 15) is 4.79 Å². The second-order valence-corrected chi connectivity index (χ2v) is 6.59. The first-order chi connectivity index (χ1) is 8.52. The summed E-state index contributed by atoms with van der Waals surface area (Å²) in [5.74, 6) is 1.81. The molecular formula is C15H26O3. The topological polar surface area (TPSA) is 46.5 Å². The largest absolute Gasteiger partial charge is 0.462 e. The molecule has 2 fully saturated rings. The van der Waals surface area contributed by atoms with E-state index in [1.807, 2.05) is 0 Å². The van der Waals surface area contributed by atoms with E-state index in [0.29, 0.717) is 17.8 Å². The summed E-state index contributed by atoms with van der Waals surface area (Å²) in [4.78, 5) is 12.0. The maximum Gasteiger partial charge on any atom is 0.309 e. The van der Waals surface area contributed by atoms with Crippen LogP contribution in [0.1, 0.15) is 46.5 Å². The zero-order chi connectivity index (χ0) is 13.3. The normalized spacial score (nSPS) is 39.7. The number of hydrogen-bond donors (Lipinski definition) is 1. The molecule has 0 saturated heterocycles. The summed E-state index contributed by atoms with van der Waals surface area (Å²) in [5.41, 5.74) is 0. The lowest BCUT2D eigenvalue weighted by atomic mass is 9.75. The molecule has 0 aromatic carbocycles. The third-order valence-corrected chi connectivity index (χ3v) is 4.69. The van der Waals surface area contributed by atoms with Gasteiger partial charge in [0.15, 0.2) is 0 Å². The summed E-state index contributed by atoms with van der Waals surface area (Å²) in [6.45, 7) is 6.80. The van der Waals surface area contributed by atoms with Gasteiger partial charge >= 0.3 is 5.97 Å². The minimum atomic E-state index is -0.0706. The number of aliphatic hydroxyl groups is 1. The Labute approximate surface area is 110 Å². The monoisotopic (exact) mass is 254 g/mol. The lowest BCUT2D eigenvalue weighted by molar-refractivity contribution is -0.158. The summed E-state index contributed by atoms with van der Waals surface area (Å²) in [7, 11) is 0. The fourth-order valence-electron chi connectivity index (χ4n) is 3.22. The summed E-state index contributed by atoms with van der Waals surface area (Å²) in [6.07, 6.45) is 4.33. The predicted octanol–water partition coefficient (Wildman–Crippen LogP) is 2.62. The third kappa shape index (κ3) is 3.05. The first-order valence-electron chi connectivity index (χ1n) is 7.34. The van der Waals surface area contributed by atoms with Crippen LogP contribution in [0.25, 0.3) is 0 Å². The van der Waals surface area contributed by atoms with Gasteiger partial charge in [-0.3, -0.25) is 4.79 Å². The van der Waals surface area contributed by atoms with Crippen molar-refractivity contribution in [3.05, 3.63) is 0 Å². The van der Waals surface area contributed by atoms with Crippen LogP contribution >= 0.6 is 0 Å². The van der Waals surface area contributed by atoms with Crippen LogP contribution in [-0.4, -0.2) is 23.8 Å². The molecule has 3 heteroatoms. The van der Waals surface area contributed by atoms with Crippen molar-refractivity contribution in [2.24, 2.45) is 29.6 Å². The average Bonchev–Trinajstić information content (AvgIpc) is 3.07. The van der Waals surface area contributed by atoms with Gasteiger partial charge in [-0.1, -0.05) is 27.2 Å². The highest BCUT2D eigenvalue weighted by atomic mass is 16.5. The molecule has 2 rings (SSSR count). The van der Waals surface area contributed by atoms with E-state index in [2.05, 4.69) is 20.8 Å². The summed E-state index contributed by atoms with van der Waals surface area (Å²) in [6, 6.07) is 0. The van der Waals surface area contributed by atoms with Crippen molar-refractivity contribution in [3.63, 3.8) is 0 Å². The summed E-state index contributed by atoms with van der Waals surface area (Å²) >= 11 is 0. The SMILES string of the molecule is CC(C)[C@@H]1CC[C@@H](C)C[C@H]1OC(=O)[C@H]1C[C@@H]1CO. The first-order valence-corrected chi connectivity index (χ1v) is 7.34. The van der Waals surface area contributed by atoms with Crippen molar-refractivity contribution in [1.82, 2.24) is 0 Å². The van der Waals surface area contributed by atoms with Crippen molar-refractivity contribution < 1.29 is 14.6 Å². The maximum absolute atomic E-state index is 12.0. The van der Waals surface area contributed by atoms with Crippen LogP contribution < -0.4 is 0 Å². The lowest BCUT2D eigenvalue weighted by Crippen LogP contribution is -2.36. The fraction of sp³-hybridized carbons (Fsp3) is 0.933. The highest BCUT2D eigenvalue weighted by Gasteiger charge is 2.45. The molecule has 104 valence electrons. The Morgan fingerprint density at radius 1 is 1.33 bits per heavy atom. The molecule has 0 aromatic heterocycles. The van der Waals surface area contributed by atoms with Gasteiger partial charge in [-0.2, -0.15) is 0 Å². The van der Waals surface area contributed by atoms with E-state index >= 15 is 0 Å². The Bertz CT molecular complexity index is 300. The predicted molar refractivity (Wildman–Crippen MR) is 69.9 cm³/mol. The maximum atomic E-state index is 12.0. The molecule has 0 radical (unpaired) electrons. The molecule has 0 aliphatic heterocycles. The van der Waals surface area contributed by atoms with Crippen LogP contribution in [0.15, 0.2) is 0 Å². The third-order valence-electron chi connectivity index (χ3n) is 4.69. The minimum Gasteiger partial charge on any atom is -0.462 e. The molecule has 0 bridgehead atoms. The van der Waals surface area contributed by atoms with Crippen molar-refractivity contribution >= 4 is 5.97 Å². The number of esters is 1. The van der Waals surface area contributed by atoms with Crippen molar-refractivity contribution in [1.29, 1.82) is 0 Å². The molecule has 3 nitrogen and oxygen atoms in total. The van der Waals surface area contributed by atoms with Gasteiger partial charge in [0.25, 0.3) is 0 Å². The number of aliphatic hydroxyl groups excluding tert-OH is 1. The minimum absolute atomic E-state index is 0.0277. The Morgan fingerprint density at radius 2 is 2.06 bits per heavy atom. The molecule has 0 unspecified atom stereocenters. The second kappa shape index (κ2) is 5.60. The lowest BCUT2D eigenvalue weighted by Gasteiger charge is -2.36. The van der Waals surface area contributed by atoms with Gasteiger partial charge in [-0.15, -0.1) is 0 Å². The molecule has 0 amide bonds. The smallest absolute Gasteiger partial charge is 0.309 e. The highest BCUT2D eigenvalue weighted by Crippen LogP contribution is 2.41. The number of carbonyl (C=O) groups excluding carboxylic acids is 1. The van der Waals surface area contributed by atoms with E-state index in [4.69, 9.17) is 9.84 Å². The van der Waals surface area contributed by atoms with Gasteiger partial charge < -0.3 is 9.84 Å². The molecule has 0 aromatic rings. The number of hydrogen-bond acceptors (Lipinski definition) is 3. The summed E-state index contributed by atoms with van der Waals surface area (Å²) in [5, 5.41) is 9.01. The van der Waals surface area contributed by atoms with Crippen LogP contribution in [0, 0.1) is 29.6 Å². The molecule has 0 spiro atoms. The zero-order valence-corrected chi connectivity index (χ0v) is 11.8. The van der Waals surface area contributed by atoms with Crippen LogP contribution in [0.5, 0.6) is 0 Å². The first kappa shape index (κ1) is 13.9. The Morgan fingerprint density at radius 3 is 2.61 bits per heavy atom. The average molecular weight is 254 g/mol. The Hall–Kier alpha value is -0.570. The second-order valence-electron chi connectivity index (χ2n) is 6.59. The highest BCUT2D eigenvalue weighted by molar-refractivity contribution is 5.75. The molecule has 2 saturated carbocycles. The van der Waals surface area contributed by atoms with Crippen LogP contribution in [0.4, 0.5) is 0 Å². The van der Waals surface area contributed by atoms with Crippen molar-refractivity contribution in [3.8, 4) is 0 Å². The van der Waals surface area contributed by atoms with Crippen molar-refractivity contribution in [2.45, 2.75) is 52.6 Å². The van der Waals surface area contributed by atoms with Gasteiger partial charge in [-0.25, -0.2) is 0 Å². The molecule has 18 heavy (non-hydrogen) atoms. The van der Waals surface area contributed by atoms with Gasteiger partial charge in [0.1, 0.15) is 6.10 Å². The van der Waals surface area contributed by atoms with Crippen LogP contribution in [0.3, 0.4) is 0 Å². The Kier molecular flexibility index (Phi) is 4.31. The van der Waals surface area contributed by atoms with E-state index in [-0.39, 0.29) is 30.5 Å². The van der Waals surface area contributed by atoms with Gasteiger partial charge in [0.2, 0.25) is 0 Å². The van der Waals surface area contributed by atoms with E-state index in [1.54, 1.807) is 0 Å². The molecule has 0 heterocycles. The van der Waals surface area contributed by atoms with E-state index in [0.717, 1.165) is 12.8 Å². The molecule has 2 aliphatic carbocycles. The quantitative estimate of drug-likeness (QED) is 0.784. The van der Waals surface area contributed by atoms with Gasteiger partial charge in [-0.05, 0) is 42.9 Å². The number of rotatable bonds is 4. The molecular weight excluding hydrogens is 228 g/mol. The molecule has 2 aliphatic rings. The molecule has 1 N–H and O–H groups in total. The standard InChI is InChI=1S/C15H26O3/c1-9(2)12-5-4-10(3)6-14(12)18-15(17)13-7-11(13)8-16/h9-14,16H,4-8H2,1-3H3/t10-,11-,12+,13+,14-/m1/s1.